The SMILES string of the molecule is COc1ccc(C(=O)Nc2ccc3c(c2)C(=O)N(C)[C@@H]2CC[C@H](CC(=O)NCC4CC4)O[C@@H]2CO3)cc1. The van der Waals surface area contributed by atoms with Crippen molar-refractivity contribution in [3.63, 3.8) is 0 Å². The number of rotatable bonds is 7. The summed E-state index contributed by atoms with van der Waals surface area (Å²) in [6.45, 7) is 1.02. The number of nitrogens with one attached hydrogen (secondary N) is 2. The standard InChI is InChI=1S/C28H33N3O6/c1-31-23-11-10-21(14-26(32)29-15-17-3-4-17)37-25(23)16-36-24-12-7-19(13-22(24)28(31)34)30-27(33)18-5-8-20(35-2)9-6-18/h5-9,12-13,17,21,23,25H,3-4,10-11,14-16H2,1-2H3,(H,29,32)(H,30,33)/t21-,23-,25-/m1/s1. The Hall–Kier alpha value is -3.59. The Morgan fingerprint density at radius 1 is 1.08 bits per heavy atom. The highest BCUT2D eigenvalue weighted by Gasteiger charge is 2.39. The third-order valence-corrected chi connectivity index (χ3v) is 7.32. The van der Waals surface area contributed by atoms with Crippen molar-refractivity contribution in [2.45, 2.75) is 50.4 Å². The van der Waals surface area contributed by atoms with E-state index in [4.69, 9.17) is 14.2 Å². The monoisotopic (exact) mass is 507 g/mol. The summed E-state index contributed by atoms with van der Waals surface area (Å²) in [6, 6.07) is 11.7. The molecule has 1 saturated heterocycles. The summed E-state index contributed by atoms with van der Waals surface area (Å²) in [5.74, 6) is 1.26. The smallest absolute Gasteiger partial charge is 0.257 e. The molecule has 2 heterocycles. The van der Waals surface area contributed by atoms with Crippen molar-refractivity contribution in [3.05, 3.63) is 53.6 Å². The number of hydrogen-bond acceptors (Lipinski definition) is 6. The number of ether oxygens (including phenoxy) is 3. The molecule has 9 heteroatoms. The summed E-state index contributed by atoms with van der Waals surface area (Å²) in [6.07, 6.45) is 3.61. The highest BCUT2D eigenvalue weighted by atomic mass is 16.5. The number of anilines is 1. The maximum atomic E-state index is 13.4. The lowest BCUT2D eigenvalue weighted by molar-refractivity contribution is -0.134. The molecule has 1 saturated carbocycles. The van der Waals surface area contributed by atoms with Gasteiger partial charge in [-0.3, -0.25) is 14.4 Å². The second-order valence-electron chi connectivity index (χ2n) is 10.0. The van der Waals surface area contributed by atoms with Crippen LogP contribution < -0.4 is 20.1 Å². The number of likely N-dealkylation sites (N-methyl/N-ethyl adjacent to an activating group) is 1. The van der Waals surface area contributed by atoms with Crippen LogP contribution in [0.25, 0.3) is 0 Å². The Balaban J connectivity index is 1.24. The molecule has 196 valence electrons. The van der Waals surface area contributed by atoms with Crippen molar-refractivity contribution in [1.29, 1.82) is 0 Å². The number of fused-ring (bicyclic) bond motifs is 2. The minimum Gasteiger partial charge on any atom is -0.497 e. The maximum absolute atomic E-state index is 13.4. The maximum Gasteiger partial charge on any atom is 0.257 e. The highest BCUT2D eigenvalue weighted by Crippen LogP contribution is 2.33. The van der Waals surface area contributed by atoms with Gasteiger partial charge in [-0.25, -0.2) is 0 Å². The number of hydrogen-bond donors (Lipinski definition) is 2. The Morgan fingerprint density at radius 3 is 2.59 bits per heavy atom. The average Bonchev–Trinajstić information content (AvgIpc) is 3.74. The molecule has 1 aliphatic carbocycles. The molecule has 3 aliphatic rings. The van der Waals surface area contributed by atoms with Crippen LogP contribution in [0.15, 0.2) is 42.5 Å². The number of carbonyl (C=O) groups is 3. The average molecular weight is 508 g/mol. The van der Waals surface area contributed by atoms with E-state index in [1.54, 1.807) is 61.5 Å². The molecule has 0 unspecified atom stereocenters. The summed E-state index contributed by atoms with van der Waals surface area (Å²) >= 11 is 0. The summed E-state index contributed by atoms with van der Waals surface area (Å²) < 4.78 is 17.4. The highest BCUT2D eigenvalue weighted by molar-refractivity contribution is 6.05. The fraction of sp³-hybridized carbons (Fsp3) is 0.464. The largest absolute Gasteiger partial charge is 0.497 e. The molecule has 0 bridgehead atoms. The Bertz CT molecular complexity index is 1160. The van der Waals surface area contributed by atoms with E-state index in [0.29, 0.717) is 47.1 Å². The second-order valence-corrected chi connectivity index (χ2v) is 10.0. The normalized spacial score (nSPS) is 23.0. The first-order chi connectivity index (χ1) is 17.9. The van der Waals surface area contributed by atoms with Gasteiger partial charge in [0.05, 0.1) is 31.2 Å². The van der Waals surface area contributed by atoms with Crippen LogP contribution in [-0.2, 0) is 9.53 Å². The van der Waals surface area contributed by atoms with Crippen molar-refractivity contribution in [3.8, 4) is 11.5 Å². The number of amides is 3. The summed E-state index contributed by atoms with van der Waals surface area (Å²) in [5.41, 5.74) is 1.36. The van der Waals surface area contributed by atoms with Gasteiger partial charge in [0.15, 0.2) is 0 Å². The fourth-order valence-electron chi connectivity index (χ4n) is 4.91. The summed E-state index contributed by atoms with van der Waals surface area (Å²) in [7, 11) is 3.34. The van der Waals surface area contributed by atoms with E-state index < -0.39 is 0 Å². The van der Waals surface area contributed by atoms with E-state index in [1.807, 2.05) is 0 Å². The molecule has 5 rings (SSSR count). The van der Waals surface area contributed by atoms with Crippen molar-refractivity contribution >= 4 is 23.4 Å². The van der Waals surface area contributed by atoms with Crippen LogP contribution in [0, 0.1) is 5.92 Å². The number of nitrogens with zero attached hydrogens (tertiary/aromatic N) is 1. The molecule has 2 fully saturated rings. The lowest BCUT2D eigenvalue weighted by Gasteiger charge is -2.42. The van der Waals surface area contributed by atoms with Gasteiger partial charge in [0.2, 0.25) is 5.91 Å². The molecule has 0 spiro atoms. The zero-order valence-corrected chi connectivity index (χ0v) is 21.2. The first-order valence-electron chi connectivity index (χ1n) is 12.8. The zero-order valence-electron chi connectivity index (χ0n) is 21.2. The molecule has 3 atom stereocenters. The van der Waals surface area contributed by atoms with Crippen LogP contribution in [0.3, 0.4) is 0 Å². The topological polar surface area (TPSA) is 106 Å². The third-order valence-electron chi connectivity index (χ3n) is 7.32. The van der Waals surface area contributed by atoms with E-state index in [0.717, 1.165) is 13.0 Å². The predicted octanol–water partition coefficient (Wildman–Crippen LogP) is 3.24. The van der Waals surface area contributed by atoms with E-state index >= 15 is 0 Å². The van der Waals surface area contributed by atoms with Gasteiger partial charge in [-0.15, -0.1) is 0 Å². The predicted molar refractivity (Wildman–Crippen MR) is 137 cm³/mol. The fourth-order valence-corrected chi connectivity index (χ4v) is 4.91. The molecule has 0 radical (unpaired) electrons. The van der Waals surface area contributed by atoms with Gasteiger partial charge in [-0.2, -0.15) is 0 Å². The van der Waals surface area contributed by atoms with Crippen molar-refractivity contribution in [1.82, 2.24) is 10.2 Å². The molecular weight excluding hydrogens is 474 g/mol. The van der Waals surface area contributed by atoms with Crippen molar-refractivity contribution < 1.29 is 28.6 Å². The lowest BCUT2D eigenvalue weighted by atomic mass is 9.94. The van der Waals surface area contributed by atoms with Gasteiger partial charge < -0.3 is 29.7 Å². The van der Waals surface area contributed by atoms with E-state index in [1.165, 1.54) is 12.8 Å². The quantitative estimate of drug-likeness (QED) is 0.596. The summed E-state index contributed by atoms with van der Waals surface area (Å²) in [5, 5.41) is 5.85. The first kappa shape index (κ1) is 25.1. The van der Waals surface area contributed by atoms with E-state index in [9.17, 15) is 14.4 Å². The Kier molecular flexibility index (Phi) is 7.32. The summed E-state index contributed by atoms with van der Waals surface area (Å²) in [4.78, 5) is 40.1. The van der Waals surface area contributed by atoms with Crippen LogP contribution in [0.1, 0.15) is 52.8 Å². The minimum atomic E-state index is -0.327. The van der Waals surface area contributed by atoms with E-state index in [-0.39, 0.29) is 42.6 Å². The second kappa shape index (κ2) is 10.8. The molecule has 2 aliphatic heterocycles. The molecule has 2 N–H and O–H groups in total. The van der Waals surface area contributed by atoms with Gasteiger partial charge in [0.25, 0.3) is 11.8 Å². The first-order valence-corrected chi connectivity index (χ1v) is 12.8. The van der Waals surface area contributed by atoms with E-state index in [2.05, 4.69) is 10.6 Å². The van der Waals surface area contributed by atoms with Crippen LogP contribution in [0.4, 0.5) is 5.69 Å². The molecule has 9 nitrogen and oxygen atoms in total. The zero-order chi connectivity index (χ0) is 25.9. The minimum absolute atomic E-state index is 0.0149. The van der Waals surface area contributed by atoms with Crippen LogP contribution in [-0.4, -0.2) is 68.2 Å². The van der Waals surface area contributed by atoms with Crippen LogP contribution in [0.2, 0.25) is 0 Å². The lowest BCUT2D eigenvalue weighted by Crippen LogP contribution is -2.54. The van der Waals surface area contributed by atoms with Crippen LogP contribution in [0.5, 0.6) is 11.5 Å². The third kappa shape index (κ3) is 5.88. The van der Waals surface area contributed by atoms with Gasteiger partial charge in [-0.1, -0.05) is 0 Å². The van der Waals surface area contributed by atoms with Gasteiger partial charge >= 0.3 is 0 Å². The molecule has 0 aromatic heterocycles. The molecule has 37 heavy (non-hydrogen) atoms. The number of carbonyl (C=O) groups excluding carboxylic acids is 3. The van der Waals surface area contributed by atoms with Gasteiger partial charge in [0, 0.05) is 24.8 Å². The Labute approximate surface area is 216 Å². The number of methoxy groups -OCH3 is 1. The van der Waals surface area contributed by atoms with Crippen molar-refractivity contribution in [2.24, 2.45) is 5.92 Å². The molecule has 2 aromatic carbocycles. The molecule has 2 aromatic rings. The molecular formula is C28H33N3O6. The van der Waals surface area contributed by atoms with Crippen LogP contribution >= 0.6 is 0 Å². The van der Waals surface area contributed by atoms with Gasteiger partial charge in [0.1, 0.15) is 24.2 Å². The number of benzene rings is 2. The van der Waals surface area contributed by atoms with Crippen molar-refractivity contribution in [2.75, 3.05) is 32.6 Å². The van der Waals surface area contributed by atoms with Gasteiger partial charge in [-0.05, 0) is 74.1 Å². The molecule has 3 amide bonds. The Morgan fingerprint density at radius 2 is 1.86 bits per heavy atom.